The second-order valence-corrected chi connectivity index (χ2v) is 5.40. The molecule has 0 spiro atoms. The van der Waals surface area contributed by atoms with E-state index in [2.05, 4.69) is 74.4 Å². The van der Waals surface area contributed by atoms with Crippen LogP contribution in [0.25, 0.3) is 0 Å². The maximum absolute atomic E-state index is 3.57. The average Bonchev–Trinajstić information content (AvgIpc) is 2.39. The van der Waals surface area contributed by atoms with Crippen molar-refractivity contribution in [2.24, 2.45) is 0 Å². The fourth-order valence-electron chi connectivity index (χ4n) is 2.20. The standard InChI is InChI=1S/C17H22N2/c1-14-10-8-9-13-16(14)19(4)17(2,3)18-15-11-6-5-7-12-15/h5-13,18H,1-4H3. The van der Waals surface area contributed by atoms with E-state index in [1.165, 1.54) is 11.3 Å². The van der Waals surface area contributed by atoms with E-state index in [0.717, 1.165) is 5.69 Å². The molecule has 0 aromatic heterocycles. The van der Waals surface area contributed by atoms with Gasteiger partial charge in [-0.15, -0.1) is 0 Å². The second kappa shape index (κ2) is 5.35. The van der Waals surface area contributed by atoms with Gasteiger partial charge in [-0.25, -0.2) is 0 Å². The van der Waals surface area contributed by atoms with Crippen LogP contribution in [0.5, 0.6) is 0 Å². The van der Waals surface area contributed by atoms with Crippen LogP contribution in [0.1, 0.15) is 19.4 Å². The Kier molecular flexibility index (Phi) is 3.79. The number of nitrogens with zero attached hydrogens (tertiary/aromatic N) is 1. The van der Waals surface area contributed by atoms with Gasteiger partial charge in [0.2, 0.25) is 0 Å². The minimum Gasteiger partial charge on any atom is -0.363 e. The summed E-state index contributed by atoms with van der Waals surface area (Å²) in [6, 6.07) is 18.8. The van der Waals surface area contributed by atoms with E-state index in [4.69, 9.17) is 0 Å². The van der Waals surface area contributed by atoms with Gasteiger partial charge in [-0.2, -0.15) is 0 Å². The van der Waals surface area contributed by atoms with Crippen molar-refractivity contribution in [2.45, 2.75) is 26.4 Å². The van der Waals surface area contributed by atoms with Crippen molar-refractivity contribution in [1.82, 2.24) is 0 Å². The summed E-state index contributed by atoms with van der Waals surface area (Å²) in [7, 11) is 2.12. The van der Waals surface area contributed by atoms with Crippen LogP contribution in [0.15, 0.2) is 54.6 Å². The van der Waals surface area contributed by atoms with Crippen LogP contribution >= 0.6 is 0 Å². The summed E-state index contributed by atoms with van der Waals surface area (Å²) in [6.07, 6.45) is 0. The van der Waals surface area contributed by atoms with Crippen LogP contribution in [0, 0.1) is 6.92 Å². The Morgan fingerprint density at radius 1 is 0.895 bits per heavy atom. The van der Waals surface area contributed by atoms with Gasteiger partial charge in [-0.1, -0.05) is 36.4 Å². The lowest BCUT2D eigenvalue weighted by Gasteiger charge is -2.39. The number of hydrogen-bond donors (Lipinski definition) is 1. The van der Waals surface area contributed by atoms with E-state index in [9.17, 15) is 0 Å². The zero-order valence-electron chi connectivity index (χ0n) is 12.1. The zero-order valence-corrected chi connectivity index (χ0v) is 12.1. The number of aryl methyl sites for hydroxylation is 1. The number of rotatable bonds is 4. The molecule has 0 aliphatic heterocycles. The molecular formula is C17H22N2. The third kappa shape index (κ3) is 3.08. The maximum Gasteiger partial charge on any atom is 0.104 e. The second-order valence-electron chi connectivity index (χ2n) is 5.40. The minimum atomic E-state index is -0.159. The Bertz CT molecular complexity index is 532. The smallest absolute Gasteiger partial charge is 0.104 e. The van der Waals surface area contributed by atoms with E-state index in [0.29, 0.717) is 0 Å². The first-order chi connectivity index (χ1) is 9.00. The van der Waals surface area contributed by atoms with Crippen molar-refractivity contribution in [3.8, 4) is 0 Å². The van der Waals surface area contributed by atoms with Crippen LogP contribution in [-0.4, -0.2) is 12.7 Å². The Balaban J connectivity index is 2.22. The van der Waals surface area contributed by atoms with Gasteiger partial charge in [-0.05, 0) is 44.5 Å². The molecular weight excluding hydrogens is 232 g/mol. The van der Waals surface area contributed by atoms with E-state index < -0.39 is 0 Å². The Morgan fingerprint density at radius 3 is 2.11 bits per heavy atom. The molecule has 0 saturated heterocycles. The van der Waals surface area contributed by atoms with Gasteiger partial charge >= 0.3 is 0 Å². The summed E-state index contributed by atoms with van der Waals surface area (Å²) >= 11 is 0. The topological polar surface area (TPSA) is 15.3 Å². The largest absolute Gasteiger partial charge is 0.363 e. The van der Waals surface area contributed by atoms with Crippen LogP contribution in [0.4, 0.5) is 11.4 Å². The fraction of sp³-hybridized carbons (Fsp3) is 0.294. The summed E-state index contributed by atoms with van der Waals surface area (Å²) < 4.78 is 0. The van der Waals surface area contributed by atoms with Gasteiger partial charge in [0.1, 0.15) is 5.66 Å². The predicted molar refractivity (Wildman–Crippen MR) is 83.7 cm³/mol. The summed E-state index contributed by atoms with van der Waals surface area (Å²) in [5.74, 6) is 0. The highest BCUT2D eigenvalue weighted by molar-refractivity contribution is 5.57. The van der Waals surface area contributed by atoms with Gasteiger partial charge in [-0.3, -0.25) is 0 Å². The van der Waals surface area contributed by atoms with E-state index in [1.54, 1.807) is 0 Å². The molecule has 0 aliphatic carbocycles. The molecule has 0 atom stereocenters. The van der Waals surface area contributed by atoms with Crippen LogP contribution in [0.2, 0.25) is 0 Å². The third-order valence-corrected chi connectivity index (χ3v) is 3.54. The first kappa shape index (κ1) is 13.5. The Labute approximate surface area is 116 Å². The van der Waals surface area contributed by atoms with Crippen molar-refractivity contribution in [3.05, 3.63) is 60.2 Å². The molecule has 1 N–H and O–H groups in total. The van der Waals surface area contributed by atoms with Crippen molar-refractivity contribution in [3.63, 3.8) is 0 Å². The highest BCUT2D eigenvalue weighted by atomic mass is 15.3. The molecule has 0 fully saturated rings. The summed E-state index contributed by atoms with van der Waals surface area (Å²) in [4.78, 5) is 2.27. The van der Waals surface area contributed by atoms with Crippen LogP contribution in [0.3, 0.4) is 0 Å². The van der Waals surface area contributed by atoms with E-state index >= 15 is 0 Å². The van der Waals surface area contributed by atoms with E-state index in [-0.39, 0.29) is 5.66 Å². The Hall–Kier alpha value is -1.96. The van der Waals surface area contributed by atoms with Gasteiger partial charge in [0.05, 0.1) is 0 Å². The summed E-state index contributed by atoms with van der Waals surface area (Å²) in [5, 5.41) is 3.57. The van der Waals surface area contributed by atoms with Crippen LogP contribution < -0.4 is 10.2 Å². The molecule has 0 aliphatic rings. The summed E-state index contributed by atoms with van der Waals surface area (Å²) in [6.45, 7) is 6.52. The molecule has 0 bridgehead atoms. The highest BCUT2D eigenvalue weighted by Crippen LogP contribution is 2.26. The van der Waals surface area contributed by atoms with Crippen LogP contribution in [-0.2, 0) is 0 Å². The van der Waals surface area contributed by atoms with Gasteiger partial charge in [0.15, 0.2) is 0 Å². The lowest BCUT2D eigenvalue weighted by molar-refractivity contribution is 0.554. The van der Waals surface area contributed by atoms with Gasteiger partial charge in [0, 0.05) is 18.4 Å². The number of anilines is 2. The SMILES string of the molecule is Cc1ccccc1N(C)C(C)(C)Nc1ccccc1. The molecule has 100 valence electrons. The lowest BCUT2D eigenvalue weighted by atomic mass is 10.1. The monoisotopic (exact) mass is 254 g/mol. The zero-order chi connectivity index (χ0) is 13.9. The number of nitrogens with one attached hydrogen (secondary N) is 1. The molecule has 2 heteroatoms. The number of hydrogen-bond acceptors (Lipinski definition) is 2. The molecule has 2 rings (SSSR count). The minimum absolute atomic E-state index is 0.159. The molecule has 0 heterocycles. The molecule has 0 amide bonds. The fourth-order valence-corrected chi connectivity index (χ4v) is 2.20. The average molecular weight is 254 g/mol. The lowest BCUT2D eigenvalue weighted by Crippen LogP contribution is -2.48. The molecule has 19 heavy (non-hydrogen) atoms. The first-order valence-electron chi connectivity index (χ1n) is 6.63. The maximum atomic E-state index is 3.57. The third-order valence-electron chi connectivity index (χ3n) is 3.54. The molecule has 2 nitrogen and oxygen atoms in total. The number of para-hydroxylation sites is 2. The van der Waals surface area contributed by atoms with E-state index in [1.807, 2.05) is 18.2 Å². The van der Waals surface area contributed by atoms with Gasteiger partial charge < -0.3 is 10.2 Å². The quantitative estimate of drug-likeness (QED) is 0.819. The molecule has 0 saturated carbocycles. The van der Waals surface area contributed by atoms with Crippen molar-refractivity contribution in [1.29, 1.82) is 0 Å². The number of benzene rings is 2. The van der Waals surface area contributed by atoms with Gasteiger partial charge in [0.25, 0.3) is 0 Å². The van der Waals surface area contributed by atoms with Crippen molar-refractivity contribution in [2.75, 3.05) is 17.3 Å². The Morgan fingerprint density at radius 2 is 1.47 bits per heavy atom. The predicted octanol–water partition coefficient (Wildman–Crippen LogP) is 4.28. The molecule has 0 unspecified atom stereocenters. The summed E-state index contributed by atoms with van der Waals surface area (Å²) in [5.41, 5.74) is 3.50. The highest BCUT2D eigenvalue weighted by Gasteiger charge is 2.24. The first-order valence-corrected chi connectivity index (χ1v) is 6.63. The van der Waals surface area contributed by atoms with Crippen molar-refractivity contribution < 1.29 is 0 Å². The normalized spacial score (nSPS) is 11.2. The molecule has 2 aromatic carbocycles. The van der Waals surface area contributed by atoms with Crippen molar-refractivity contribution >= 4 is 11.4 Å². The molecule has 2 aromatic rings. The molecule has 0 radical (unpaired) electrons.